The van der Waals surface area contributed by atoms with Gasteiger partial charge in [-0.3, -0.25) is 0 Å². The number of esters is 1. The van der Waals surface area contributed by atoms with Crippen LogP contribution in [0.4, 0.5) is 0 Å². The predicted molar refractivity (Wildman–Crippen MR) is 79.3 cm³/mol. The van der Waals surface area contributed by atoms with E-state index < -0.39 is 0 Å². The maximum atomic E-state index is 11.4. The fourth-order valence-corrected chi connectivity index (χ4v) is 3.06. The lowest BCUT2D eigenvalue weighted by Crippen LogP contribution is -2.01. The van der Waals surface area contributed by atoms with E-state index in [1.54, 1.807) is 30.1 Å². The molecular weight excluding hydrogens is 326 g/mol. The van der Waals surface area contributed by atoms with E-state index in [2.05, 4.69) is 25.7 Å². The number of hydrogen-bond acceptors (Lipinski definition) is 4. The summed E-state index contributed by atoms with van der Waals surface area (Å²) >= 11 is 5.13. The van der Waals surface area contributed by atoms with Gasteiger partial charge >= 0.3 is 5.97 Å². The topological polar surface area (TPSA) is 39.2 Å². The number of carbonyl (C=O) groups is 1. The number of nitrogens with zero attached hydrogens (tertiary/aromatic N) is 1. The molecule has 0 N–H and O–H groups in total. The van der Waals surface area contributed by atoms with Crippen molar-refractivity contribution in [1.82, 2.24) is 4.98 Å². The molecular formula is C14H12BrNO2S. The SMILES string of the molecule is COC(=O)c1ccc(CSc2ccccn2)c(Br)c1. The second-order valence-electron chi connectivity index (χ2n) is 3.75. The Kier molecular flexibility index (Phi) is 4.99. The summed E-state index contributed by atoms with van der Waals surface area (Å²) in [4.78, 5) is 15.7. The van der Waals surface area contributed by atoms with Gasteiger partial charge in [-0.1, -0.05) is 28.1 Å². The van der Waals surface area contributed by atoms with Crippen LogP contribution in [-0.4, -0.2) is 18.1 Å². The fraction of sp³-hybridized carbons (Fsp3) is 0.143. The van der Waals surface area contributed by atoms with E-state index in [1.807, 2.05) is 24.3 Å². The van der Waals surface area contributed by atoms with Crippen molar-refractivity contribution in [1.29, 1.82) is 0 Å². The summed E-state index contributed by atoms with van der Waals surface area (Å²) in [6.45, 7) is 0. The van der Waals surface area contributed by atoms with Gasteiger partial charge in [0.2, 0.25) is 0 Å². The van der Waals surface area contributed by atoms with Crippen LogP contribution in [0.3, 0.4) is 0 Å². The number of carbonyl (C=O) groups excluding carboxylic acids is 1. The standard InChI is InChI=1S/C14H12BrNO2S/c1-18-14(17)10-5-6-11(12(15)8-10)9-19-13-4-2-3-7-16-13/h2-8H,9H2,1H3. The number of benzene rings is 1. The molecule has 0 spiro atoms. The summed E-state index contributed by atoms with van der Waals surface area (Å²) in [5.41, 5.74) is 1.66. The van der Waals surface area contributed by atoms with Gasteiger partial charge in [-0.2, -0.15) is 0 Å². The molecule has 98 valence electrons. The minimum atomic E-state index is -0.329. The van der Waals surface area contributed by atoms with Crippen LogP contribution in [0.2, 0.25) is 0 Å². The first-order valence-corrected chi connectivity index (χ1v) is 7.39. The number of aromatic nitrogens is 1. The number of hydrogen-bond donors (Lipinski definition) is 0. The molecule has 3 nitrogen and oxygen atoms in total. The molecule has 0 bridgehead atoms. The van der Waals surface area contributed by atoms with Gasteiger partial charge in [0.15, 0.2) is 0 Å². The third-order valence-electron chi connectivity index (χ3n) is 2.49. The van der Waals surface area contributed by atoms with E-state index >= 15 is 0 Å². The Balaban J connectivity index is 2.07. The van der Waals surface area contributed by atoms with Crippen molar-refractivity contribution in [2.24, 2.45) is 0 Å². The maximum absolute atomic E-state index is 11.4. The van der Waals surface area contributed by atoms with Crippen LogP contribution in [0, 0.1) is 0 Å². The second kappa shape index (κ2) is 6.73. The van der Waals surface area contributed by atoms with Crippen LogP contribution in [0.5, 0.6) is 0 Å². The number of pyridine rings is 1. The predicted octanol–water partition coefficient (Wildman–Crippen LogP) is 3.92. The number of halogens is 1. The smallest absolute Gasteiger partial charge is 0.337 e. The lowest BCUT2D eigenvalue weighted by molar-refractivity contribution is 0.0600. The molecule has 0 radical (unpaired) electrons. The van der Waals surface area contributed by atoms with Crippen LogP contribution >= 0.6 is 27.7 Å². The Hall–Kier alpha value is -1.33. The van der Waals surface area contributed by atoms with Gasteiger partial charge in [0.25, 0.3) is 0 Å². The fourth-order valence-electron chi connectivity index (χ4n) is 1.49. The third kappa shape index (κ3) is 3.81. The van der Waals surface area contributed by atoms with Gasteiger partial charge in [-0.15, -0.1) is 11.8 Å². The Morgan fingerprint density at radius 2 is 2.21 bits per heavy atom. The average molecular weight is 338 g/mol. The third-order valence-corrected chi connectivity index (χ3v) is 4.22. The van der Waals surface area contributed by atoms with Crippen LogP contribution in [0.15, 0.2) is 52.1 Å². The highest BCUT2D eigenvalue weighted by Gasteiger charge is 2.08. The van der Waals surface area contributed by atoms with Crippen LogP contribution in [0.1, 0.15) is 15.9 Å². The molecule has 0 aliphatic carbocycles. The molecule has 0 aliphatic rings. The largest absolute Gasteiger partial charge is 0.465 e. The minimum absolute atomic E-state index is 0.329. The maximum Gasteiger partial charge on any atom is 0.337 e. The summed E-state index contributed by atoms with van der Waals surface area (Å²) in [5, 5.41) is 0.978. The summed E-state index contributed by atoms with van der Waals surface area (Å²) < 4.78 is 5.59. The second-order valence-corrected chi connectivity index (χ2v) is 5.60. The first-order valence-electron chi connectivity index (χ1n) is 5.61. The van der Waals surface area contributed by atoms with Crippen molar-refractivity contribution in [2.45, 2.75) is 10.8 Å². The Bertz CT molecular complexity index is 575. The molecule has 1 heterocycles. The van der Waals surface area contributed by atoms with E-state index in [1.165, 1.54) is 7.11 Å². The molecule has 0 atom stereocenters. The first kappa shape index (κ1) is 14.1. The first-order chi connectivity index (χ1) is 9.20. The summed E-state index contributed by atoms with van der Waals surface area (Å²) in [6, 6.07) is 11.3. The molecule has 0 aliphatic heterocycles. The average Bonchev–Trinajstić information content (AvgIpc) is 2.46. The number of methoxy groups -OCH3 is 1. The molecule has 0 saturated heterocycles. The molecule has 0 unspecified atom stereocenters. The van der Waals surface area contributed by atoms with E-state index in [0.29, 0.717) is 5.56 Å². The molecule has 0 fully saturated rings. The van der Waals surface area contributed by atoms with E-state index in [9.17, 15) is 4.79 Å². The Morgan fingerprint density at radius 1 is 1.37 bits per heavy atom. The monoisotopic (exact) mass is 337 g/mol. The zero-order valence-corrected chi connectivity index (χ0v) is 12.7. The van der Waals surface area contributed by atoms with Gasteiger partial charge in [-0.05, 0) is 29.8 Å². The van der Waals surface area contributed by atoms with Gasteiger partial charge in [0.1, 0.15) is 0 Å². The molecule has 5 heteroatoms. The van der Waals surface area contributed by atoms with Crippen molar-refractivity contribution in [3.8, 4) is 0 Å². The van der Waals surface area contributed by atoms with Crippen molar-refractivity contribution in [3.63, 3.8) is 0 Å². The van der Waals surface area contributed by atoms with Crippen LogP contribution < -0.4 is 0 Å². The molecule has 0 amide bonds. The van der Waals surface area contributed by atoms with Crippen molar-refractivity contribution in [3.05, 3.63) is 58.2 Å². The van der Waals surface area contributed by atoms with Crippen molar-refractivity contribution in [2.75, 3.05) is 7.11 Å². The van der Waals surface area contributed by atoms with Crippen LogP contribution in [0.25, 0.3) is 0 Å². The highest BCUT2D eigenvalue weighted by Crippen LogP contribution is 2.26. The van der Waals surface area contributed by atoms with Gasteiger partial charge in [0.05, 0.1) is 17.7 Å². The Morgan fingerprint density at radius 3 is 2.84 bits per heavy atom. The molecule has 19 heavy (non-hydrogen) atoms. The zero-order valence-electron chi connectivity index (χ0n) is 10.3. The minimum Gasteiger partial charge on any atom is -0.465 e. The van der Waals surface area contributed by atoms with Crippen molar-refractivity contribution < 1.29 is 9.53 Å². The number of ether oxygens (including phenoxy) is 1. The summed E-state index contributed by atoms with van der Waals surface area (Å²) in [5.74, 6) is 0.462. The van der Waals surface area contributed by atoms with E-state index in [0.717, 1.165) is 20.8 Å². The summed E-state index contributed by atoms with van der Waals surface area (Å²) in [6.07, 6.45) is 1.78. The Labute approximate surface area is 124 Å². The molecule has 2 aromatic rings. The van der Waals surface area contributed by atoms with Gasteiger partial charge in [-0.25, -0.2) is 9.78 Å². The van der Waals surface area contributed by atoms with Crippen LogP contribution in [-0.2, 0) is 10.5 Å². The number of rotatable bonds is 4. The van der Waals surface area contributed by atoms with Crippen molar-refractivity contribution >= 4 is 33.7 Å². The summed E-state index contributed by atoms with van der Waals surface area (Å²) in [7, 11) is 1.38. The lowest BCUT2D eigenvalue weighted by Gasteiger charge is -2.06. The number of thioether (sulfide) groups is 1. The highest BCUT2D eigenvalue weighted by atomic mass is 79.9. The quantitative estimate of drug-likeness (QED) is 0.626. The van der Waals surface area contributed by atoms with E-state index in [-0.39, 0.29) is 5.97 Å². The zero-order chi connectivity index (χ0) is 13.7. The molecule has 1 aromatic carbocycles. The molecule has 0 saturated carbocycles. The highest BCUT2D eigenvalue weighted by molar-refractivity contribution is 9.10. The van der Waals surface area contributed by atoms with Gasteiger partial charge in [0, 0.05) is 16.4 Å². The van der Waals surface area contributed by atoms with Gasteiger partial charge < -0.3 is 4.74 Å². The normalized spacial score (nSPS) is 10.2. The molecule has 2 rings (SSSR count). The molecule has 1 aromatic heterocycles. The lowest BCUT2D eigenvalue weighted by atomic mass is 10.1. The van der Waals surface area contributed by atoms with E-state index in [4.69, 9.17) is 0 Å².